The lowest BCUT2D eigenvalue weighted by Gasteiger charge is -2.30. The molecule has 3 rings (SSSR count). The Kier molecular flexibility index (Phi) is 5.88. The number of nitrogens with zero attached hydrogens (tertiary/aromatic N) is 2. The number of aliphatic hydroxyl groups excluding tert-OH is 1. The molecule has 2 aromatic rings. The highest BCUT2D eigenvalue weighted by molar-refractivity contribution is 7.99. The number of rotatable bonds is 7. The smallest absolute Gasteiger partial charge is 0.190 e. The number of aromatic nitrogens is 2. The maximum atomic E-state index is 9.61. The van der Waals surface area contributed by atoms with Crippen LogP contribution in [0, 0.1) is 0 Å². The minimum atomic E-state index is -0.172. The zero-order valence-electron chi connectivity index (χ0n) is 15.4. The number of anilines is 1. The van der Waals surface area contributed by atoms with Gasteiger partial charge in [0.15, 0.2) is 5.16 Å². The van der Waals surface area contributed by atoms with Gasteiger partial charge in [-0.05, 0) is 32.3 Å². The number of hydrogen-bond acceptors (Lipinski definition) is 7. The third-order valence-electron chi connectivity index (χ3n) is 4.40. The maximum Gasteiger partial charge on any atom is 0.190 e. The first-order chi connectivity index (χ1) is 12.0. The van der Waals surface area contributed by atoms with Crippen molar-refractivity contribution in [2.45, 2.75) is 70.4 Å². The summed E-state index contributed by atoms with van der Waals surface area (Å²) >= 11 is 3.40. The molecule has 1 aliphatic heterocycles. The summed E-state index contributed by atoms with van der Waals surface area (Å²) in [6, 6.07) is 0.00512. The van der Waals surface area contributed by atoms with E-state index in [1.807, 2.05) is 0 Å². The van der Waals surface area contributed by atoms with Gasteiger partial charge in [-0.1, -0.05) is 25.6 Å². The number of hydrogen-bond donors (Lipinski definition) is 2. The number of aliphatic hydroxyl groups is 1. The largest absolute Gasteiger partial charge is 0.394 e. The Hall–Kier alpha value is -0.890. The van der Waals surface area contributed by atoms with Gasteiger partial charge in [-0.15, -0.1) is 11.3 Å². The molecule has 0 aliphatic carbocycles. The molecule has 0 fully saturated rings. The number of ether oxygens (including phenoxy) is 1. The van der Waals surface area contributed by atoms with E-state index in [9.17, 15) is 5.11 Å². The molecule has 1 aliphatic rings. The van der Waals surface area contributed by atoms with Crippen LogP contribution in [0.4, 0.5) is 5.82 Å². The lowest BCUT2D eigenvalue weighted by molar-refractivity contribution is -0.0379. The van der Waals surface area contributed by atoms with Gasteiger partial charge in [-0.25, -0.2) is 9.97 Å². The number of thiophene rings is 1. The van der Waals surface area contributed by atoms with Crippen molar-refractivity contribution >= 4 is 39.1 Å². The van der Waals surface area contributed by atoms with Gasteiger partial charge in [0.05, 0.1) is 30.2 Å². The molecule has 5 nitrogen and oxygen atoms in total. The van der Waals surface area contributed by atoms with Crippen molar-refractivity contribution < 1.29 is 9.84 Å². The highest BCUT2D eigenvalue weighted by Gasteiger charge is 2.31. The van der Waals surface area contributed by atoms with Crippen LogP contribution >= 0.6 is 23.1 Å². The van der Waals surface area contributed by atoms with E-state index in [0.29, 0.717) is 6.61 Å². The fraction of sp³-hybridized carbons (Fsp3) is 0.667. The Balaban J connectivity index is 2.09. The van der Waals surface area contributed by atoms with E-state index < -0.39 is 0 Å². The van der Waals surface area contributed by atoms with Crippen LogP contribution in [0.1, 0.15) is 51.0 Å². The van der Waals surface area contributed by atoms with E-state index in [2.05, 4.69) is 33.0 Å². The minimum absolute atomic E-state index is 0.00512. The van der Waals surface area contributed by atoms with Gasteiger partial charge in [-0.2, -0.15) is 0 Å². The van der Waals surface area contributed by atoms with Gasteiger partial charge < -0.3 is 15.2 Å². The molecule has 0 aromatic carbocycles. The quantitative estimate of drug-likeness (QED) is 0.553. The summed E-state index contributed by atoms with van der Waals surface area (Å²) in [6.45, 7) is 9.21. The van der Waals surface area contributed by atoms with Crippen LogP contribution in [0.2, 0.25) is 0 Å². The van der Waals surface area contributed by atoms with Crippen LogP contribution in [0.3, 0.4) is 0 Å². The highest BCUT2D eigenvalue weighted by Crippen LogP contribution is 2.41. The zero-order chi connectivity index (χ0) is 18.0. The molecule has 0 bridgehead atoms. The van der Waals surface area contributed by atoms with Crippen molar-refractivity contribution in [3.8, 4) is 0 Å². The maximum absolute atomic E-state index is 9.61. The molecule has 1 atom stereocenters. The van der Waals surface area contributed by atoms with Gasteiger partial charge in [0.2, 0.25) is 0 Å². The normalized spacial score (nSPS) is 17.5. The third kappa shape index (κ3) is 4.10. The number of fused-ring (bicyclic) bond motifs is 3. The van der Waals surface area contributed by atoms with Crippen LogP contribution in [-0.2, 0) is 17.8 Å². The summed E-state index contributed by atoms with van der Waals surface area (Å²) in [5, 5.41) is 15.0. The molecule has 3 heterocycles. The van der Waals surface area contributed by atoms with Crippen LogP contribution < -0.4 is 5.32 Å². The second kappa shape index (κ2) is 7.78. The van der Waals surface area contributed by atoms with E-state index >= 15 is 0 Å². The second-order valence-corrected chi connectivity index (χ2v) is 9.19. The monoisotopic (exact) mass is 381 g/mol. The Bertz CT molecular complexity index is 741. The molecule has 2 N–H and O–H groups in total. The average Bonchev–Trinajstić information content (AvgIpc) is 2.94. The predicted molar refractivity (Wildman–Crippen MR) is 106 cm³/mol. The SMILES string of the molecule is CCCSc1nc(N[C@@H](CC)CO)c2c3c(sc2n1)COC(C)(C)C3. The van der Waals surface area contributed by atoms with Crippen molar-refractivity contribution in [2.75, 3.05) is 17.7 Å². The minimum Gasteiger partial charge on any atom is -0.394 e. The summed E-state index contributed by atoms with van der Waals surface area (Å²) in [6.07, 6.45) is 2.80. The Morgan fingerprint density at radius 2 is 2.16 bits per heavy atom. The summed E-state index contributed by atoms with van der Waals surface area (Å²) in [7, 11) is 0. The van der Waals surface area contributed by atoms with Crippen LogP contribution in [0.5, 0.6) is 0 Å². The van der Waals surface area contributed by atoms with Crippen molar-refractivity contribution in [3.63, 3.8) is 0 Å². The third-order valence-corrected chi connectivity index (χ3v) is 6.55. The van der Waals surface area contributed by atoms with E-state index in [1.165, 1.54) is 10.4 Å². The van der Waals surface area contributed by atoms with E-state index in [0.717, 1.165) is 46.2 Å². The standard InChI is InChI=1S/C18H27N3O2S2/c1-5-7-24-17-20-15(19-11(6-2)9-22)14-12-8-18(3,4)23-10-13(12)25-16(14)21-17/h11,22H,5-10H2,1-4H3,(H,19,20,21)/t11-/m0/s1. The highest BCUT2D eigenvalue weighted by atomic mass is 32.2. The van der Waals surface area contributed by atoms with Gasteiger partial charge in [0, 0.05) is 17.1 Å². The van der Waals surface area contributed by atoms with Crippen molar-refractivity contribution in [3.05, 3.63) is 10.4 Å². The fourth-order valence-corrected chi connectivity index (χ4v) is 4.82. The summed E-state index contributed by atoms with van der Waals surface area (Å²) in [5.74, 6) is 1.86. The van der Waals surface area contributed by atoms with Crippen molar-refractivity contribution in [1.29, 1.82) is 0 Å². The number of thioether (sulfide) groups is 1. The molecule has 25 heavy (non-hydrogen) atoms. The molecule has 0 saturated carbocycles. The first-order valence-corrected chi connectivity index (χ1v) is 10.7. The topological polar surface area (TPSA) is 67.3 Å². The molecule has 7 heteroatoms. The van der Waals surface area contributed by atoms with E-state index in [4.69, 9.17) is 14.7 Å². The van der Waals surface area contributed by atoms with E-state index in [1.54, 1.807) is 23.1 Å². The summed E-state index contributed by atoms with van der Waals surface area (Å²) in [5.41, 5.74) is 1.13. The second-order valence-electron chi connectivity index (χ2n) is 7.04. The first-order valence-electron chi connectivity index (χ1n) is 8.93. The molecule has 0 unspecified atom stereocenters. The zero-order valence-corrected chi connectivity index (χ0v) is 17.0. The molecule has 0 amide bonds. The molecule has 0 spiro atoms. The molecule has 2 aromatic heterocycles. The molecule has 0 saturated heterocycles. The van der Waals surface area contributed by atoms with Gasteiger partial charge in [0.1, 0.15) is 10.6 Å². The van der Waals surface area contributed by atoms with Crippen molar-refractivity contribution in [1.82, 2.24) is 9.97 Å². The van der Waals surface area contributed by atoms with Gasteiger partial charge in [-0.3, -0.25) is 0 Å². The molecule has 138 valence electrons. The molecular weight excluding hydrogens is 354 g/mol. The van der Waals surface area contributed by atoms with Crippen LogP contribution in [-0.4, -0.2) is 39.1 Å². The Morgan fingerprint density at radius 1 is 1.36 bits per heavy atom. The predicted octanol–water partition coefficient (Wildman–Crippen LogP) is 4.23. The number of nitrogens with one attached hydrogen (secondary N) is 1. The van der Waals surface area contributed by atoms with Crippen LogP contribution in [0.15, 0.2) is 5.16 Å². The average molecular weight is 382 g/mol. The summed E-state index contributed by atoms with van der Waals surface area (Å²) in [4.78, 5) is 11.9. The van der Waals surface area contributed by atoms with Gasteiger partial charge >= 0.3 is 0 Å². The lowest BCUT2D eigenvalue weighted by atomic mass is 9.94. The molecule has 0 radical (unpaired) electrons. The first kappa shape index (κ1) is 18.9. The summed E-state index contributed by atoms with van der Waals surface area (Å²) < 4.78 is 5.98. The fourth-order valence-electron chi connectivity index (χ4n) is 2.96. The lowest BCUT2D eigenvalue weighted by Crippen LogP contribution is -2.31. The Labute approximate surface area is 157 Å². The van der Waals surface area contributed by atoms with E-state index in [-0.39, 0.29) is 18.2 Å². The molecular formula is C18H27N3O2S2. The van der Waals surface area contributed by atoms with Crippen molar-refractivity contribution in [2.24, 2.45) is 0 Å². The van der Waals surface area contributed by atoms with Gasteiger partial charge in [0.25, 0.3) is 0 Å². The Morgan fingerprint density at radius 3 is 2.84 bits per heavy atom. The van der Waals surface area contributed by atoms with Crippen LogP contribution in [0.25, 0.3) is 10.2 Å².